The Bertz CT molecular complexity index is 402. The standard InChI is InChI=1S/C11H11ClF3NO/c12-9-5-7(8-3-4-16-6-8)1-2-10(9)17-11(13,14)15/h1-2,5,8,16H,3-4,6H2. The van der Waals surface area contributed by atoms with Gasteiger partial charge in [-0.2, -0.15) is 0 Å². The van der Waals surface area contributed by atoms with Crippen LogP contribution >= 0.6 is 11.6 Å². The predicted molar refractivity (Wildman–Crippen MR) is 58.4 cm³/mol. The molecule has 1 aliphatic heterocycles. The fourth-order valence-corrected chi connectivity index (χ4v) is 2.15. The third kappa shape index (κ3) is 3.26. The summed E-state index contributed by atoms with van der Waals surface area (Å²) in [4.78, 5) is 0. The molecule has 1 fully saturated rings. The maximum absolute atomic E-state index is 12.0. The van der Waals surface area contributed by atoms with E-state index < -0.39 is 6.36 Å². The summed E-state index contributed by atoms with van der Waals surface area (Å²) in [7, 11) is 0. The van der Waals surface area contributed by atoms with Crippen LogP contribution in [0.25, 0.3) is 0 Å². The van der Waals surface area contributed by atoms with E-state index in [0.29, 0.717) is 5.92 Å². The predicted octanol–water partition coefficient (Wildman–Crippen LogP) is 3.32. The van der Waals surface area contributed by atoms with Crippen molar-refractivity contribution in [2.24, 2.45) is 0 Å². The van der Waals surface area contributed by atoms with Gasteiger partial charge in [0, 0.05) is 6.54 Å². The molecule has 0 aromatic heterocycles. The molecule has 1 saturated heterocycles. The zero-order chi connectivity index (χ0) is 12.5. The molecule has 6 heteroatoms. The molecule has 1 aliphatic rings. The Labute approximate surface area is 102 Å². The summed E-state index contributed by atoms with van der Waals surface area (Å²) in [5.74, 6) is -0.0405. The van der Waals surface area contributed by atoms with Gasteiger partial charge in [0.05, 0.1) is 5.02 Å². The van der Waals surface area contributed by atoms with Crippen LogP contribution in [-0.2, 0) is 0 Å². The molecule has 2 rings (SSSR count). The van der Waals surface area contributed by atoms with Gasteiger partial charge in [-0.25, -0.2) is 0 Å². The van der Waals surface area contributed by atoms with Gasteiger partial charge >= 0.3 is 6.36 Å². The second kappa shape index (κ2) is 4.74. The normalized spacial score (nSPS) is 20.6. The molecule has 1 unspecified atom stereocenters. The first-order valence-corrected chi connectivity index (χ1v) is 5.59. The molecule has 1 heterocycles. The maximum atomic E-state index is 12.0. The average Bonchev–Trinajstić information content (AvgIpc) is 2.72. The third-order valence-corrected chi connectivity index (χ3v) is 3.01. The van der Waals surface area contributed by atoms with E-state index in [9.17, 15) is 13.2 Å². The molecule has 1 aromatic carbocycles. The van der Waals surface area contributed by atoms with E-state index in [2.05, 4.69) is 10.1 Å². The summed E-state index contributed by atoms with van der Waals surface area (Å²) in [5, 5.41) is 3.18. The van der Waals surface area contributed by atoms with Crippen LogP contribution in [0.4, 0.5) is 13.2 Å². The Kier molecular flexibility index (Phi) is 3.49. The van der Waals surface area contributed by atoms with Crippen LogP contribution in [0.5, 0.6) is 5.75 Å². The zero-order valence-electron chi connectivity index (χ0n) is 8.85. The van der Waals surface area contributed by atoms with Crippen molar-refractivity contribution in [2.75, 3.05) is 13.1 Å². The number of ether oxygens (including phenoxy) is 1. The maximum Gasteiger partial charge on any atom is 0.573 e. The Balaban J connectivity index is 2.16. The average molecular weight is 266 g/mol. The molecule has 94 valence electrons. The number of nitrogens with one attached hydrogen (secondary N) is 1. The molecule has 1 aromatic rings. The largest absolute Gasteiger partial charge is 0.573 e. The van der Waals surface area contributed by atoms with Crippen LogP contribution in [0.15, 0.2) is 18.2 Å². The SMILES string of the molecule is FC(F)(F)Oc1ccc(C2CCNC2)cc1Cl. The summed E-state index contributed by atoms with van der Waals surface area (Å²) in [6, 6.07) is 4.44. The van der Waals surface area contributed by atoms with Crippen molar-refractivity contribution < 1.29 is 17.9 Å². The smallest absolute Gasteiger partial charge is 0.404 e. The van der Waals surface area contributed by atoms with Crippen LogP contribution in [-0.4, -0.2) is 19.5 Å². The van der Waals surface area contributed by atoms with E-state index in [1.165, 1.54) is 6.07 Å². The second-order valence-corrected chi connectivity index (χ2v) is 4.33. The van der Waals surface area contributed by atoms with Gasteiger partial charge in [-0.15, -0.1) is 13.2 Å². The minimum atomic E-state index is -4.71. The fourth-order valence-electron chi connectivity index (χ4n) is 1.92. The highest BCUT2D eigenvalue weighted by Gasteiger charge is 2.32. The van der Waals surface area contributed by atoms with Crippen LogP contribution in [0.1, 0.15) is 17.9 Å². The molecule has 0 saturated carbocycles. The van der Waals surface area contributed by atoms with Crippen molar-refractivity contribution in [3.63, 3.8) is 0 Å². The van der Waals surface area contributed by atoms with Gasteiger partial charge in [0.1, 0.15) is 5.75 Å². The molecule has 0 spiro atoms. The Hall–Kier alpha value is -0.940. The lowest BCUT2D eigenvalue weighted by Gasteiger charge is -2.13. The third-order valence-electron chi connectivity index (χ3n) is 2.71. The Morgan fingerprint density at radius 3 is 2.65 bits per heavy atom. The van der Waals surface area contributed by atoms with E-state index in [1.807, 2.05) is 0 Å². The number of halogens is 4. The summed E-state index contributed by atoms with van der Waals surface area (Å²) in [6.45, 7) is 1.75. The number of alkyl halides is 3. The first-order chi connectivity index (χ1) is 7.96. The van der Waals surface area contributed by atoms with Gasteiger partial charge in [-0.1, -0.05) is 17.7 Å². The number of benzene rings is 1. The number of rotatable bonds is 2. The van der Waals surface area contributed by atoms with E-state index in [-0.39, 0.29) is 10.8 Å². The van der Waals surface area contributed by atoms with E-state index in [4.69, 9.17) is 11.6 Å². The van der Waals surface area contributed by atoms with Gasteiger partial charge in [0.25, 0.3) is 0 Å². The highest BCUT2D eigenvalue weighted by Crippen LogP contribution is 2.33. The molecule has 0 bridgehead atoms. The summed E-state index contributed by atoms with van der Waals surface area (Å²) in [5.41, 5.74) is 0.939. The minimum Gasteiger partial charge on any atom is -0.404 e. The molecule has 0 amide bonds. The molecule has 1 atom stereocenters. The van der Waals surface area contributed by atoms with E-state index >= 15 is 0 Å². The lowest BCUT2D eigenvalue weighted by atomic mass is 9.98. The molecular formula is C11H11ClF3NO. The van der Waals surface area contributed by atoms with Crippen molar-refractivity contribution in [1.29, 1.82) is 0 Å². The van der Waals surface area contributed by atoms with Gasteiger partial charge in [-0.3, -0.25) is 0 Å². The Morgan fingerprint density at radius 1 is 1.35 bits per heavy atom. The van der Waals surface area contributed by atoms with Gasteiger partial charge in [0.2, 0.25) is 0 Å². The van der Waals surface area contributed by atoms with Gasteiger partial charge in [-0.05, 0) is 36.6 Å². The van der Waals surface area contributed by atoms with Gasteiger partial charge in [0.15, 0.2) is 0 Å². The van der Waals surface area contributed by atoms with Gasteiger partial charge < -0.3 is 10.1 Å². The van der Waals surface area contributed by atoms with Crippen molar-refractivity contribution in [3.05, 3.63) is 28.8 Å². The van der Waals surface area contributed by atoms with Crippen molar-refractivity contribution in [1.82, 2.24) is 5.32 Å². The first-order valence-electron chi connectivity index (χ1n) is 5.21. The lowest BCUT2D eigenvalue weighted by Crippen LogP contribution is -2.17. The Morgan fingerprint density at radius 2 is 2.12 bits per heavy atom. The molecule has 17 heavy (non-hydrogen) atoms. The van der Waals surface area contributed by atoms with Crippen molar-refractivity contribution in [3.8, 4) is 5.75 Å². The summed E-state index contributed by atoms with van der Waals surface area (Å²) >= 11 is 5.77. The summed E-state index contributed by atoms with van der Waals surface area (Å²) < 4.78 is 39.9. The topological polar surface area (TPSA) is 21.3 Å². The second-order valence-electron chi connectivity index (χ2n) is 3.93. The highest BCUT2D eigenvalue weighted by molar-refractivity contribution is 6.32. The molecule has 2 nitrogen and oxygen atoms in total. The molecular weight excluding hydrogens is 255 g/mol. The van der Waals surface area contributed by atoms with Crippen LogP contribution < -0.4 is 10.1 Å². The number of hydrogen-bond acceptors (Lipinski definition) is 2. The lowest BCUT2D eigenvalue weighted by molar-refractivity contribution is -0.274. The van der Waals surface area contributed by atoms with Crippen molar-refractivity contribution in [2.45, 2.75) is 18.7 Å². The van der Waals surface area contributed by atoms with Crippen molar-refractivity contribution >= 4 is 11.6 Å². The highest BCUT2D eigenvalue weighted by atomic mass is 35.5. The quantitative estimate of drug-likeness (QED) is 0.886. The zero-order valence-corrected chi connectivity index (χ0v) is 9.61. The van der Waals surface area contributed by atoms with Crippen LogP contribution in [0.2, 0.25) is 5.02 Å². The molecule has 0 aliphatic carbocycles. The van der Waals surface area contributed by atoms with E-state index in [1.54, 1.807) is 12.1 Å². The fraction of sp³-hybridized carbons (Fsp3) is 0.455. The molecule has 1 N–H and O–H groups in total. The summed E-state index contributed by atoms with van der Waals surface area (Å²) in [6.07, 6.45) is -3.74. The molecule has 0 radical (unpaired) electrons. The number of hydrogen-bond donors (Lipinski definition) is 1. The van der Waals surface area contributed by atoms with Crippen LogP contribution in [0.3, 0.4) is 0 Å². The monoisotopic (exact) mass is 265 g/mol. The first kappa shape index (κ1) is 12.5. The van der Waals surface area contributed by atoms with E-state index in [0.717, 1.165) is 25.1 Å². The van der Waals surface area contributed by atoms with Crippen LogP contribution in [0, 0.1) is 0 Å². The minimum absolute atomic E-state index is 0.00766.